The van der Waals surface area contributed by atoms with Crippen LogP contribution in [0.4, 0.5) is 0 Å². The van der Waals surface area contributed by atoms with Crippen LogP contribution in [0.2, 0.25) is 0 Å². The van der Waals surface area contributed by atoms with E-state index in [4.69, 9.17) is 0 Å². The van der Waals surface area contributed by atoms with Gasteiger partial charge in [0, 0.05) is 30.6 Å². The van der Waals surface area contributed by atoms with Crippen molar-refractivity contribution in [2.75, 3.05) is 0 Å². The number of rotatable bonds is 2. The van der Waals surface area contributed by atoms with Crippen molar-refractivity contribution in [3.05, 3.63) is 29.5 Å². The van der Waals surface area contributed by atoms with Crippen LogP contribution < -0.4 is 5.32 Å². The number of piperidine rings is 1. The molecule has 1 atom stereocenters. The van der Waals surface area contributed by atoms with Crippen LogP contribution in [-0.4, -0.2) is 27.9 Å². The summed E-state index contributed by atoms with van der Waals surface area (Å²) < 4.78 is 1.62. The molecule has 0 radical (unpaired) electrons. The highest BCUT2D eigenvalue weighted by molar-refractivity contribution is 6.04. The number of hydrogen-bond donors (Lipinski definition) is 1. The Morgan fingerprint density at radius 1 is 1.40 bits per heavy atom. The largest absolute Gasteiger partial charge is 0.298 e. The average Bonchev–Trinajstić information content (AvgIpc) is 2.79. The van der Waals surface area contributed by atoms with Crippen LogP contribution >= 0.6 is 0 Å². The van der Waals surface area contributed by atoms with Crippen molar-refractivity contribution in [2.24, 2.45) is 7.05 Å². The number of aryl methyl sites for hydroxylation is 1. The van der Waals surface area contributed by atoms with Crippen LogP contribution in [0.3, 0.4) is 0 Å². The highest BCUT2D eigenvalue weighted by Crippen LogP contribution is 2.31. The fourth-order valence-corrected chi connectivity index (χ4v) is 2.64. The Balaban J connectivity index is 2.14. The first-order chi connectivity index (χ1) is 9.60. The van der Waals surface area contributed by atoms with Gasteiger partial charge in [-0.15, -0.1) is 0 Å². The third-order valence-electron chi connectivity index (χ3n) is 3.60. The van der Waals surface area contributed by atoms with Crippen LogP contribution in [-0.2, 0) is 16.6 Å². The van der Waals surface area contributed by atoms with Crippen LogP contribution in [0.1, 0.15) is 34.7 Å². The molecule has 0 aliphatic carbocycles. The molecule has 2 amide bonds. The van der Waals surface area contributed by atoms with E-state index >= 15 is 0 Å². The first-order valence-corrected chi connectivity index (χ1v) is 6.35. The smallest absolute Gasteiger partial charge is 0.234 e. The third kappa shape index (κ3) is 1.89. The lowest BCUT2D eigenvalue weighted by atomic mass is 9.88. The highest BCUT2D eigenvalue weighted by atomic mass is 16.2. The highest BCUT2D eigenvalue weighted by Gasteiger charge is 2.30. The number of fused-ring (bicyclic) bond motifs is 1. The zero-order chi connectivity index (χ0) is 14.3. The first kappa shape index (κ1) is 12.5. The van der Waals surface area contributed by atoms with Gasteiger partial charge < -0.3 is 0 Å². The summed E-state index contributed by atoms with van der Waals surface area (Å²) in [6, 6.07) is 3.44. The maximum atomic E-state index is 12.0. The molecule has 102 valence electrons. The van der Waals surface area contributed by atoms with E-state index in [-0.39, 0.29) is 11.8 Å². The number of hydrogen-bond acceptors (Lipinski definition) is 4. The maximum Gasteiger partial charge on any atom is 0.234 e. The summed E-state index contributed by atoms with van der Waals surface area (Å²) in [5.74, 6) is -0.939. The number of aldehydes is 1. The van der Waals surface area contributed by atoms with Crippen molar-refractivity contribution in [1.29, 1.82) is 0 Å². The minimum absolute atomic E-state index is 0.243. The standard InChI is InChI=1S/C14H13N3O3/c1-17-6-11-8(7-18)2-3-9(13(11)16-17)10-4-5-12(19)15-14(10)20/h2-3,6-7,10H,4-5H2,1H3,(H,15,19,20). The predicted octanol–water partition coefficient (Wildman–Crippen LogP) is 0.906. The van der Waals surface area contributed by atoms with Gasteiger partial charge in [0.25, 0.3) is 0 Å². The van der Waals surface area contributed by atoms with Crippen molar-refractivity contribution in [3.63, 3.8) is 0 Å². The fourth-order valence-electron chi connectivity index (χ4n) is 2.64. The van der Waals surface area contributed by atoms with Crippen molar-refractivity contribution in [2.45, 2.75) is 18.8 Å². The lowest BCUT2D eigenvalue weighted by Crippen LogP contribution is -2.39. The van der Waals surface area contributed by atoms with Crippen molar-refractivity contribution in [1.82, 2.24) is 15.1 Å². The topological polar surface area (TPSA) is 81.1 Å². The van der Waals surface area contributed by atoms with Gasteiger partial charge in [-0.3, -0.25) is 24.4 Å². The van der Waals surface area contributed by atoms with Gasteiger partial charge in [-0.25, -0.2) is 0 Å². The number of carbonyl (C=O) groups is 3. The molecule has 3 rings (SSSR count). The SMILES string of the molecule is Cn1cc2c(C=O)ccc(C3CCC(=O)NC3=O)c2n1. The molecule has 20 heavy (non-hydrogen) atoms. The normalized spacial score (nSPS) is 19.1. The summed E-state index contributed by atoms with van der Waals surface area (Å²) >= 11 is 0. The number of nitrogens with zero attached hydrogens (tertiary/aromatic N) is 2. The van der Waals surface area contributed by atoms with E-state index in [9.17, 15) is 14.4 Å². The van der Waals surface area contributed by atoms with Gasteiger partial charge in [-0.2, -0.15) is 5.10 Å². The van der Waals surface area contributed by atoms with E-state index in [0.717, 1.165) is 17.2 Å². The zero-order valence-electron chi connectivity index (χ0n) is 10.9. The van der Waals surface area contributed by atoms with Crippen LogP contribution in [0.5, 0.6) is 0 Å². The van der Waals surface area contributed by atoms with Gasteiger partial charge in [-0.05, 0) is 12.0 Å². The van der Waals surface area contributed by atoms with E-state index in [2.05, 4.69) is 10.4 Å². The molecular weight excluding hydrogens is 258 g/mol. The molecule has 1 aromatic heterocycles. The zero-order valence-corrected chi connectivity index (χ0v) is 10.9. The summed E-state index contributed by atoms with van der Waals surface area (Å²) in [7, 11) is 1.77. The molecule has 2 heterocycles. The number of benzene rings is 1. The van der Waals surface area contributed by atoms with Gasteiger partial charge in [0.2, 0.25) is 11.8 Å². The molecule has 6 heteroatoms. The predicted molar refractivity (Wildman–Crippen MR) is 71.2 cm³/mol. The lowest BCUT2D eigenvalue weighted by Gasteiger charge is -2.21. The Bertz CT molecular complexity index is 733. The van der Waals surface area contributed by atoms with Crippen LogP contribution in [0.15, 0.2) is 18.3 Å². The Morgan fingerprint density at radius 3 is 2.90 bits per heavy atom. The molecule has 2 aromatic rings. The second-order valence-electron chi connectivity index (χ2n) is 4.93. The lowest BCUT2D eigenvalue weighted by molar-refractivity contribution is -0.134. The number of aromatic nitrogens is 2. The fraction of sp³-hybridized carbons (Fsp3) is 0.286. The van der Waals surface area contributed by atoms with Crippen LogP contribution in [0.25, 0.3) is 10.9 Å². The third-order valence-corrected chi connectivity index (χ3v) is 3.60. The molecular formula is C14H13N3O3. The van der Waals surface area contributed by atoms with Crippen molar-refractivity contribution < 1.29 is 14.4 Å². The quantitative estimate of drug-likeness (QED) is 0.650. The summed E-state index contributed by atoms with van der Waals surface area (Å²) in [5, 5.41) is 7.42. The number of imide groups is 1. The molecule has 6 nitrogen and oxygen atoms in total. The molecule has 0 spiro atoms. The minimum Gasteiger partial charge on any atom is -0.298 e. The molecule has 1 aliphatic heterocycles. The molecule has 1 fully saturated rings. The molecule has 1 N–H and O–H groups in total. The minimum atomic E-state index is -0.397. The summed E-state index contributed by atoms with van der Waals surface area (Å²) in [5.41, 5.74) is 1.95. The Kier molecular flexibility index (Phi) is 2.85. The van der Waals surface area contributed by atoms with Gasteiger partial charge in [0.15, 0.2) is 6.29 Å². The number of amides is 2. The molecule has 0 bridgehead atoms. The molecule has 0 saturated carbocycles. The monoisotopic (exact) mass is 271 g/mol. The van der Waals surface area contributed by atoms with Crippen LogP contribution in [0, 0.1) is 0 Å². The van der Waals surface area contributed by atoms with E-state index in [0.29, 0.717) is 23.9 Å². The molecule has 1 aliphatic rings. The second-order valence-corrected chi connectivity index (χ2v) is 4.93. The van der Waals surface area contributed by atoms with E-state index < -0.39 is 5.92 Å². The van der Waals surface area contributed by atoms with Gasteiger partial charge >= 0.3 is 0 Å². The molecule has 1 unspecified atom stereocenters. The number of carbonyl (C=O) groups excluding carboxylic acids is 3. The van der Waals surface area contributed by atoms with E-state index in [1.54, 1.807) is 30.1 Å². The van der Waals surface area contributed by atoms with Crippen molar-refractivity contribution >= 4 is 29.0 Å². The Morgan fingerprint density at radius 2 is 2.20 bits per heavy atom. The Labute approximate surface area is 114 Å². The van der Waals surface area contributed by atoms with E-state index in [1.165, 1.54) is 0 Å². The van der Waals surface area contributed by atoms with E-state index in [1.807, 2.05) is 0 Å². The summed E-state index contributed by atoms with van der Waals surface area (Å²) in [6.07, 6.45) is 3.32. The van der Waals surface area contributed by atoms with Gasteiger partial charge in [0.1, 0.15) is 0 Å². The number of nitrogens with one attached hydrogen (secondary N) is 1. The summed E-state index contributed by atoms with van der Waals surface area (Å²) in [6.45, 7) is 0. The maximum absolute atomic E-state index is 12.0. The Hall–Kier alpha value is -2.50. The molecule has 1 aromatic carbocycles. The summed E-state index contributed by atoms with van der Waals surface area (Å²) in [4.78, 5) is 34.3. The average molecular weight is 271 g/mol. The second kappa shape index (κ2) is 4.56. The first-order valence-electron chi connectivity index (χ1n) is 6.35. The van der Waals surface area contributed by atoms with Gasteiger partial charge in [-0.1, -0.05) is 12.1 Å². The van der Waals surface area contributed by atoms with Gasteiger partial charge in [0.05, 0.1) is 11.4 Å². The van der Waals surface area contributed by atoms with Crippen molar-refractivity contribution in [3.8, 4) is 0 Å². The molecule has 1 saturated heterocycles.